The summed E-state index contributed by atoms with van der Waals surface area (Å²) >= 11 is 1.91. The van der Waals surface area contributed by atoms with E-state index in [2.05, 4.69) is 10.4 Å². The van der Waals surface area contributed by atoms with Crippen LogP contribution in [0.15, 0.2) is 4.99 Å². The summed E-state index contributed by atoms with van der Waals surface area (Å²) in [5.41, 5.74) is 2.27. The summed E-state index contributed by atoms with van der Waals surface area (Å²) in [6.07, 6.45) is 1.32. The van der Waals surface area contributed by atoms with E-state index in [0.29, 0.717) is 0 Å². The second-order valence-corrected chi connectivity index (χ2v) is 3.57. The predicted molar refractivity (Wildman–Crippen MR) is 52.4 cm³/mol. The van der Waals surface area contributed by atoms with Crippen LogP contribution in [-0.4, -0.2) is 41.8 Å². The molecule has 1 aliphatic rings. The Morgan fingerprint density at radius 3 is 2.83 bits per heavy atom. The highest BCUT2D eigenvalue weighted by molar-refractivity contribution is 7.99. The molecular formula is C6H13N5S. The van der Waals surface area contributed by atoms with Crippen LogP contribution in [-0.2, 0) is 0 Å². The molecule has 0 aromatic carbocycles. The van der Waals surface area contributed by atoms with E-state index >= 15 is 0 Å². The second-order valence-electron chi connectivity index (χ2n) is 2.35. The largest absolute Gasteiger partial charge is 0.340 e. The molecule has 0 bridgehead atoms. The fourth-order valence-electron chi connectivity index (χ4n) is 0.955. The maximum absolute atomic E-state index is 7.51. The summed E-state index contributed by atoms with van der Waals surface area (Å²) in [4.78, 5) is 5.74. The van der Waals surface area contributed by atoms with Gasteiger partial charge >= 0.3 is 0 Å². The van der Waals surface area contributed by atoms with Crippen molar-refractivity contribution in [3.63, 3.8) is 0 Å². The zero-order valence-corrected chi connectivity index (χ0v) is 7.60. The summed E-state index contributed by atoms with van der Waals surface area (Å²) in [5.74, 6) is 7.43. The van der Waals surface area contributed by atoms with Gasteiger partial charge < -0.3 is 10.3 Å². The fraction of sp³-hybridized carbons (Fsp3) is 0.667. The summed E-state index contributed by atoms with van der Waals surface area (Å²) < 4.78 is 0. The third-order valence-corrected chi connectivity index (χ3v) is 2.51. The van der Waals surface area contributed by atoms with E-state index in [1.165, 1.54) is 6.34 Å². The Balaban J connectivity index is 2.34. The van der Waals surface area contributed by atoms with Gasteiger partial charge in [0.05, 0.1) is 0 Å². The predicted octanol–water partition coefficient (Wildman–Crippen LogP) is -0.538. The quantitative estimate of drug-likeness (QED) is 0.223. The lowest BCUT2D eigenvalue weighted by molar-refractivity contribution is 0.455. The minimum absolute atomic E-state index is 0.285. The first-order valence-corrected chi connectivity index (χ1v) is 4.90. The molecule has 1 aliphatic heterocycles. The van der Waals surface area contributed by atoms with E-state index in [1.54, 1.807) is 0 Å². The van der Waals surface area contributed by atoms with Gasteiger partial charge in [0.25, 0.3) is 0 Å². The molecule has 0 saturated carbocycles. The number of rotatable bonds is 1. The van der Waals surface area contributed by atoms with E-state index in [0.717, 1.165) is 24.6 Å². The van der Waals surface area contributed by atoms with Gasteiger partial charge in [-0.25, -0.2) is 10.8 Å². The molecule has 1 rings (SSSR count). The van der Waals surface area contributed by atoms with E-state index in [4.69, 9.17) is 11.3 Å². The van der Waals surface area contributed by atoms with Crippen LogP contribution in [0.5, 0.6) is 0 Å². The number of nitrogens with two attached hydrogens (primary N) is 1. The Morgan fingerprint density at radius 1 is 1.58 bits per heavy atom. The molecule has 0 aromatic heterocycles. The molecule has 0 amide bonds. The highest BCUT2D eigenvalue weighted by Crippen LogP contribution is 2.09. The van der Waals surface area contributed by atoms with Crippen molar-refractivity contribution in [2.45, 2.75) is 0 Å². The van der Waals surface area contributed by atoms with Crippen molar-refractivity contribution in [2.75, 3.05) is 24.6 Å². The number of hydrogen-bond donors (Lipinski definition) is 3. The molecule has 0 atom stereocenters. The molecule has 68 valence electrons. The third-order valence-electron chi connectivity index (χ3n) is 1.57. The first kappa shape index (κ1) is 9.34. The van der Waals surface area contributed by atoms with Crippen LogP contribution >= 0.6 is 11.8 Å². The van der Waals surface area contributed by atoms with Crippen molar-refractivity contribution < 1.29 is 0 Å². The Hall–Kier alpha value is -0.750. The average molecular weight is 187 g/mol. The molecular weight excluding hydrogens is 174 g/mol. The lowest BCUT2D eigenvalue weighted by Gasteiger charge is -2.25. The van der Waals surface area contributed by atoms with Gasteiger partial charge in [-0.1, -0.05) is 0 Å². The van der Waals surface area contributed by atoms with Crippen LogP contribution in [0.4, 0.5) is 0 Å². The molecule has 0 spiro atoms. The Morgan fingerprint density at radius 2 is 2.25 bits per heavy atom. The minimum atomic E-state index is 0.285. The van der Waals surface area contributed by atoms with Gasteiger partial charge in [-0.05, 0) is 0 Å². The molecule has 1 heterocycles. The van der Waals surface area contributed by atoms with Crippen LogP contribution in [0.2, 0.25) is 0 Å². The second kappa shape index (κ2) is 5.00. The van der Waals surface area contributed by atoms with Gasteiger partial charge in [-0.15, -0.1) is 0 Å². The molecule has 12 heavy (non-hydrogen) atoms. The van der Waals surface area contributed by atoms with E-state index in [-0.39, 0.29) is 5.96 Å². The number of thioether (sulfide) groups is 1. The number of guanidine groups is 1. The normalized spacial score (nSPS) is 18.2. The van der Waals surface area contributed by atoms with Crippen LogP contribution in [0.1, 0.15) is 0 Å². The smallest absolute Gasteiger partial charge is 0.219 e. The summed E-state index contributed by atoms with van der Waals surface area (Å²) in [6, 6.07) is 0. The Bertz CT molecular complexity index is 175. The van der Waals surface area contributed by atoms with Crippen molar-refractivity contribution >= 4 is 24.1 Å². The molecule has 1 saturated heterocycles. The van der Waals surface area contributed by atoms with E-state index in [1.807, 2.05) is 16.7 Å². The summed E-state index contributed by atoms with van der Waals surface area (Å²) in [5, 5.41) is 7.51. The minimum Gasteiger partial charge on any atom is -0.340 e. The first-order chi connectivity index (χ1) is 5.84. The summed E-state index contributed by atoms with van der Waals surface area (Å²) in [7, 11) is 0. The lowest BCUT2D eigenvalue weighted by Crippen LogP contribution is -2.37. The van der Waals surface area contributed by atoms with Crippen molar-refractivity contribution in [3.05, 3.63) is 0 Å². The molecule has 0 aliphatic carbocycles. The number of hydrazine groups is 1. The van der Waals surface area contributed by atoms with Crippen molar-refractivity contribution in [1.82, 2.24) is 10.3 Å². The van der Waals surface area contributed by atoms with E-state index in [9.17, 15) is 0 Å². The molecule has 1 fully saturated rings. The van der Waals surface area contributed by atoms with Gasteiger partial charge in [-0.2, -0.15) is 11.8 Å². The molecule has 6 heteroatoms. The Kier molecular flexibility index (Phi) is 3.89. The third kappa shape index (κ3) is 2.71. The molecule has 4 N–H and O–H groups in total. The van der Waals surface area contributed by atoms with Gasteiger partial charge in [0.2, 0.25) is 5.96 Å². The highest BCUT2D eigenvalue weighted by atomic mass is 32.2. The average Bonchev–Trinajstić information content (AvgIpc) is 2.15. The maximum atomic E-state index is 7.51. The van der Waals surface area contributed by atoms with Gasteiger partial charge in [0, 0.05) is 24.6 Å². The van der Waals surface area contributed by atoms with Gasteiger partial charge in [0.15, 0.2) is 0 Å². The summed E-state index contributed by atoms with van der Waals surface area (Å²) in [6.45, 7) is 1.82. The molecule has 0 unspecified atom stereocenters. The number of nitrogens with zero attached hydrogens (tertiary/aromatic N) is 2. The zero-order chi connectivity index (χ0) is 8.81. The molecule has 0 aromatic rings. The molecule has 5 nitrogen and oxygen atoms in total. The van der Waals surface area contributed by atoms with Crippen molar-refractivity contribution in [2.24, 2.45) is 10.8 Å². The number of nitrogens with one attached hydrogen (secondary N) is 2. The van der Waals surface area contributed by atoms with Gasteiger partial charge in [0.1, 0.15) is 6.34 Å². The standard InChI is InChI=1S/C6H13N5S/c7-6(9-5-10-8)11-1-3-12-4-2-11/h5H,1-4,8H2,(H2,7,9,10). The molecule has 0 radical (unpaired) electrons. The Labute approximate surface area is 75.9 Å². The van der Waals surface area contributed by atoms with Crippen LogP contribution in [0.25, 0.3) is 0 Å². The maximum Gasteiger partial charge on any atom is 0.219 e. The fourth-order valence-corrected chi connectivity index (χ4v) is 1.86. The zero-order valence-electron chi connectivity index (χ0n) is 6.79. The van der Waals surface area contributed by atoms with E-state index < -0.39 is 0 Å². The SMILES string of the molecule is N=C(N=CNN)N1CCSCC1. The van der Waals surface area contributed by atoms with Gasteiger partial charge in [-0.3, -0.25) is 5.41 Å². The highest BCUT2D eigenvalue weighted by Gasteiger charge is 2.11. The van der Waals surface area contributed by atoms with Crippen LogP contribution < -0.4 is 11.3 Å². The lowest BCUT2D eigenvalue weighted by atomic mass is 10.5. The number of hydrogen-bond acceptors (Lipinski definition) is 3. The van der Waals surface area contributed by atoms with Crippen molar-refractivity contribution in [3.8, 4) is 0 Å². The first-order valence-electron chi connectivity index (χ1n) is 3.74. The van der Waals surface area contributed by atoms with Crippen LogP contribution in [0, 0.1) is 5.41 Å². The van der Waals surface area contributed by atoms with Crippen LogP contribution in [0.3, 0.4) is 0 Å². The number of aliphatic imine (C=N–C) groups is 1. The monoisotopic (exact) mass is 187 g/mol. The van der Waals surface area contributed by atoms with Crippen molar-refractivity contribution in [1.29, 1.82) is 5.41 Å². The topological polar surface area (TPSA) is 77.5 Å².